The fourth-order valence-corrected chi connectivity index (χ4v) is 1.27. The molecule has 0 saturated heterocycles. The van der Waals surface area contributed by atoms with Gasteiger partial charge in [0.05, 0.1) is 0 Å². The van der Waals surface area contributed by atoms with Crippen LogP contribution in [-0.4, -0.2) is 0 Å². The summed E-state index contributed by atoms with van der Waals surface area (Å²) in [6.07, 6.45) is 5.70. The SMILES string of the molecule is C/C=C/C(CC)C(C)(C)C. The Bertz CT molecular complexity index is 104. The Morgan fingerprint density at radius 3 is 1.90 bits per heavy atom. The van der Waals surface area contributed by atoms with Gasteiger partial charge in [-0.3, -0.25) is 0 Å². The molecule has 1 atom stereocenters. The highest BCUT2D eigenvalue weighted by atomic mass is 14.2. The van der Waals surface area contributed by atoms with E-state index in [4.69, 9.17) is 0 Å². The minimum Gasteiger partial charge on any atom is -0.0914 e. The molecule has 0 aromatic rings. The van der Waals surface area contributed by atoms with Crippen molar-refractivity contribution in [2.24, 2.45) is 11.3 Å². The molecule has 0 heterocycles. The van der Waals surface area contributed by atoms with E-state index in [1.54, 1.807) is 0 Å². The van der Waals surface area contributed by atoms with Gasteiger partial charge in [0, 0.05) is 0 Å². The van der Waals surface area contributed by atoms with Crippen molar-refractivity contribution < 1.29 is 0 Å². The van der Waals surface area contributed by atoms with E-state index in [1.807, 2.05) is 0 Å². The molecule has 1 unspecified atom stereocenters. The van der Waals surface area contributed by atoms with E-state index in [0.717, 1.165) is 5.92 Å². The van der Waals surface area contributed by atoms with E-state index < -0.39 is 0 Å². The third kappa shape index (κ3) is 3.05. The fraction of sp³-hybridized carbons (Fsp3) is 0.800. The molecule has 0 bridgehead atoms. The lowest BCUT2D eigenvalue weighted by Crippen LogP contribution is -2.17. The van der Waals surface area contributed by atoms with Gasteiger partial charge in [-0.15, -0.1) is 0 Å². The van der Waals surface area contributed by atoms with Crippen LogP contribution in [-0.2, 0) is 0 Å². The van der Waals surface area contributed by atoms with Crippen molar-refractivity contribution in [2.45, 2.75) is 41.0 Å². The van der Waals surface area contributed by atoms with Crippen LogP contribution in [0.25, 0.3) is 0 Å². The molecular weight excluding hydrogens is 120 g/mol. The molecule has 0 aromatic carbocycles. The first-order valence-electron chi connectivity index (χ1n) is 4.15. The highest BCUT2D eigenvalue weighted by molar-refractivity contribution is 4.91. The first kappa shape index (κ1) is 9.74. The molecule has 0 aliphatic heterocycles. The van der Waals surface area contributed by atoms with Crippen molar-refractivity contribution in [3.8, 4) is 0 Å². The van der Waals surface area contributed by atoms with Crippen LogP contribution in [0.5, 0.6) is 0 Å². The third-order valence-electron chi connectivity index (χ3n) is 1.98. The molecule has 0 fully saturated rings. The fourth-order valence-electron chi connectivity index (χ4n) is 1.27. The lowest BCUT2D eigenvalue weighted by Gasteiger charge is -2.26. The monoisotopic (exact) mass is 140 g/mol. The van der Waals surface area contributed by atoms with E-state index in [9.17, 15) is 0 Å². The van der Waals surface area contributed by atoms with Gasteiger partial charge in [0.15, 0.2) is 0 Å². The molecule has 0 rings (SSSR count). The van der Waals surface area contributed by atoms with Crippen molar-refractivity contribution in [1.82, 2.24) is 0 Å². The normalized spacial score (nSPS) is 16.1. The van der Waals surface area contributed by atoms with Gasteiger partial charge in [0.1, 0.15) is 0 Å². The topological polar surface area (TPSA) is 0 Å². The summed E-state index contributed by atoms with van der Waals surface area (Å²) in [5, 5.41) is 0. The second-order valence-electron chi connectivity index (χ2n) is 3.91. The summed E-state index contributed by atoms with van der Waals surface area (Å²) in [5.41, 5.74) is 0.432. The molecule has 0 aliphatic rings. The van der Waals surface area contributed by atoms with Crippen LogP contribution in [0.15, 0.2) is 12.2 Å². The third-order valence-corrected chi connectivity index (χ3v) is 1.98. The first-order valence-corrected chi connectivity index (χ1v) is 4.15. The maximum Gasteiger partial charge on any atom is -0.0187 e. The van der Waals surface area contributed by atoms with Crippen molar-refractivity contribution >= 4 is 0 Å². The molecule has 0 aliphatic carbocycles. The maximum atomic E-state index is 2.31. The molecular formula is C10H20. The van der Waals surface area contributed by atoms with Gasteiger partial charge in [0.25, 0.3) is 0 Å². The Hall–Kier alpha value is -0.260. The predicted octanol–water partition coefficient (Wildman–Crippen LogP) is 3.63. The molecule has 0 heteroatoms. The summed E-state index contributed by atoms with van der Waals surface area (Å²) in [6, 6.07) is 0. The van der Waals surface area contributed by atoms with E-state index in [1.165, 1.54) is 6.42 Å². The summed E-state index contributed by atoms with van der Waals surface area (Å²) in [6.45, 7) is 11.2. The van der Waals surface area contributed by atoms with Crippen LogP contribution in [0.3, 0.4) is 0 Å². The zero-order valence-electron chi connectivity index (χ0n) is 7.94. The van der Waals surface area contributed by atoms with Crippen LogP contribution in [0.2, 0.25) is 0 Å². The second-order valence-corrected chi connectivity index (χ2v) is 3.91. The minimum absolute atomic E-state index is 0.432. The second kappa shape index (κ2) is 3.80. The molecule has 0 aromatic heterocycles. The van der Waals surface area contributed by atoms with Gasteiger partial charge in [-0.25, -0.2) is 0 Å². The highest BCUT2D eigenvalue weighted by Crippen LogP contribution is 2.29. The van der Waals surface area contributed by atoms with Gasteiger partial charge < -0.3 is 0 Å². The van der Waals surface area contributed by atoms with Crippen molar-refractivity contribution in [3.63, 3.8) is 0 Å². The molecule has 0 radical (unpaired) electrons. The molecule has 0 spiro atoms. The van der Waals surface area contributed by atoms with Crippen LogP contribution in [0.1, 0.15) is 41.0 Å². The van der Waals surface area contributed by atoms with Gasteiger partial charge >= 0.3 is 0 Å². The number of allylic oxidation sites excluding steroid dienone is 2. The van der Waals surface area contributed by atoms with Crippen molar-refractivity contribution in [3.05, 3.63) is 12.2 Å². The first-order chi connectivity index (χ1) is 4.52. The van der Waals surface area contributed by atoms with E-state index >= 15 is 0 Å². The van der Waals surface area contributed by atoms with Crippen molar-refractivity contribution in [1.29, 1.82) is 0 Å². The maximum absolute atomic E-state index is 2.31. The number of hydrogen-bond donors (Lipinski definition) is 0. The van der Waals surface area contributed by atoms with E-state index in [-0.39, 0.29) is 0 Å². The van der Waals surface area contributed by atoms with Gasteiger partial charge in [-0.1, -0.05) is 39.8 Å². The van der Waals surface area contributed by atoms with Gasteiger partial charge in [0.2, 0.25) is 0 Å². The molecule has 0 N–H and O–H groups in total. The van der Waals surface area contributed by atoms with E-state index in [0.29, 0.717) is 5.41 Å². The average Bonchev–Trinajstić information content (AvgIpc) is 1.80. The standard InChI is InChI=1S/C10H20/c1-6-8-9(7-2)10(3,4)5/h6,8-9H,7H2,1-5H3/b8-6+. The quantitative estimate of drug-likeness (QED) is 0.514. The lowest BCUT2D eigenvalue weighted by molar-refractivity contribution is 0.286. The molecule has 0 nitrogen and oxygen atoms in total. The number of rotatable bonds is 2. The Kier molecular flexibility index (Phi) is 3.70. The number of hydrogen-bond acceptors (Lipinski definition) is 0. The minimum atomic E-state index is 0.432. The predicted molar refractivity (Wildman–Crippen MR) is 48.1 cm³/mol. The molecule has 0 saturated carbocycles. The van der Waals surface area contributed by atoms with Crippen LogP contribution in [0, 0.1) is 11.3 Å². The molecule has 60 valence electrons. The Morgan fingerprint density at radius 1 is 1.30 bits per heavy atom. The summed E-state index contributed by atoms with van der Waals surface area (Å²) in [5.74, 6) is 0.734. The smallest absolute Gasteiger partial charge is 0.0187 e. The summed E-state index contributed by atoms with van der Waals surface area (Å²) >= 11 is 0. The zero-order valence-corrected chi connectivity index (χ0v) is 7.94. The Labute approximate surface area is 65.3 Å². The average molecular weight is 140 g/mol. The van der Waals surface area contributed by atoms with Crippen LogP contribution < -0.4 is 0 Å². The summed E-state index contributed by atoms with van der Waals surface area (Å²) in [7, 11) is 0. The summed E-state index contributed by atoms with van der Waals surface area (Å²) in [4.78, 5) is 0. The van der Waals surface area contributed by atoms with Crippen molar-refractivity contribution in [2.75, 3.05) is 0 Å². The Balaban J connectivity index is 4.07. The largest absolute Gasteiger partial charge is 0.0914 e. The van der Waals surface area contributed by atoms with E-state index in [2.05, 4.69) is 46.8 Å². The van der Waals surface area contributed by atoms with Crippen LogP contribution in [0.4, 0.5) is 0 Å². The lowest BCUT2D eigenvalue weighted by atomic mass is 9.79. The van der Waals surface area contributed by atoms with Gasteiger partial charge in [-0.05, 0) is 24.7 Å². The highest BCUT2D eigenvalue weighted by Gasteiger charge is 2.19. The summed E-state index contributed by atoms with van der Waals surface area (Å²) < 4.78 is 0. The zero-order chi connectivity index (χ0) is 8.20. The van der Waals surface area contributed by atoms with Gasteiger partial charge in [-0.2, -0.15) is 0 Å². The molecule has 10 heavy (non-hydrogen) atoms. The Morgan fingerprint density at radius 2 is 1.80 bits per heavy atom. The molecule has 0 amide bonds. The van der Waals surface area contributed by atoms with Crippen LogP contribution >= 0.6 is 0 Å².